The largest absolute Gasteiger partial charge is 0.463 e. The number of aliphatic imine (C=N–C) groups is 1. The van der Waals surface area contributed by atoms with Gasteiger partial charge in [-0.2, -0.15) is 0 Å². The standard InChI is InChI=1S/C16H14F2N4O2S/c1-3-24-16(23)12-8(2)20-14(15-22-19-7-25-15)21-13(12)10-5-4-9(17)6-11(10)18/h4-7,13H,3H2,1-2H3,(H,20,21). The summed E-state index contributed by atoms with van der Waals surface area (Å²) in [5, 5.41) is 11.2. The summed E-state index contributed by atoms with van der Waals surface area (Å²) < 4.78 is 32.6. The van der Waals surface area contributed by atoms with E-state index in [0.717, 1.165) is 12.1 Å². The molecular weight excluding hydrogens is 350 g/mol. The maximum absolute atomic E-state index is 14.3. The summed E-state index contributed by atoms with van der Waals surface area (Å²) in [6, 6.07) is 2.18. The Kier molecular flexibility index (Phi) is 4.84. The van der Waals surface area contributed by atoms with Crippen LogP contribution in [-0.2, 0) is 9.53 Å². The fourth-order valence-corrected chi connectivity index (χ4v) is 2.99. The maximum Gasteiger partial charge on any atom is 0.338 e. The van der Waals surface area contributed by atoms with Crippen LogP contribution in [0.15, 0.2) is 40.0 Å². The molecule has 25 heavy (non-hydrogen) atoms. The first-order valence-corrected chi connectivity index (χ1v) is 8.33. The molecule has 1 aromatic carbocycles. The molecule has 6 nitrogen and oxygen atoms in total. The van der Waals surface area contributed by atoms with Gasteiger partial charge in [0.1, 0.15) is 23.2 Å². The molecule has 9 heteroatoms. The number of allylic oxidation sites excluding steroid dienone is 1. The minimum Gasteiger partial charge on any atom is -0.463 e. The first-order valence-electron chi connectivity index (χ1n) is 7.45. The second-order valence-electron chi connectivity index (χ2n) is 5.17. The summed E-state index contributed by atoms with van der Waals surface area (Å²) in [5.74, 6) is -1.74. The van der Waals surface area contributed by atoms with E-state index in [1.54, 1.807) is 13.8 Å². The third kappa shape index (κ3) is 3.41. The molecule has 0 fully saturated rings. The Morgan fingerprint density at radius 3 is 2.84 bits per heavy atom. The summed E-state index contributed by atoms with van der Waals surface area (Å²) in [6.45, 7) is 3.51. The van der Waals surface area contributed by atoms with E-state index in [1.807, 2.05) is 0 Å². The van der Waals surface area contributed by atoms with Gasteiger partial charge >= 0.3 is 5.97 Å². The molecule has 0 amide bonds. The minimum atomic E-state index is -0.972. The zero-order valence-electron chi connectivity index (χ0n) is 13.4. The molecule has 1 unspecified atom stereocenters. The fourth-order valence-electron chi connectivity index (χ4n) is 2.48. The number of esters is 1. The van der Waals surface area contributed by atoms with E-state index in [0.29, 0.717) is 16.5 Å². The Morgan fingerprint density at radius 2 is 2.20 bits per heavy atom. The Morgan fingerprint density at radius 1 is 1.40 bits per heavy atom. The number of carbonyl (C=O) groups is 1. The molecule has 0 aliphatic carbocycles. The molecular formula is C16H14F2N4O2S. The number of rotatable bonds is 4. The Labute approximate surface area is 146 Å². The van der Waals surface area contributed by atoms with E-state index in [-0.39, 0.29) is 17.7 Å². The smallest absolute Gasteiger partial charge is 0.338 e. The predicted octanol–water partition coefficient (Wildman–Crippen LogP) is 2.74. The lowest BCUT2D eigenvalue weighted by Gasteiger charge is -2.25. The first kappa shape index (κ1) is 17.2. The Balaban J connectivity index is 2.11. The van der Waals surface area contributed by atoms with E-state index >= 15 is 0 Å². The van der Waals surface area contributed by atoms with Gasteiger partial charge in [-0.15, -0.1) is 10.2 Å². The van der Waals surface area contributed by atoms with Crippen molar-refractivity contribution in [2.24, 2.45) is 4.99 Å². The van der Waals surface area contributed by atoms with Crippen LogP contribution in [0.25, 0.3) is 0 Å². The first-order chi connectivity index (χ1) is 12.0. The molecule has 0 spiro atoms. The molecule has 1 aliphatic heterocycles. The summed E-state index contributed by atoms with van der Waals surface area (Å²) in [4.78, 5) is 16.8. The number of hydrogen-bond acceptors (Lipinski definition) is 7. The summed E-state index contributed by atoms with van der Waals surface area (Å²) in [7, 11) is 0. The Hall–Kier alpha value is -2.68. The summed E-state index contributed by atoms with van der Waals surface area (Å²) in [5.41, 5.74) is 2.24. The lowest BCUT2D eigenvalue weighted by atomic mass is 9.95. The van der Waals surface area contributed by atoms with Crippen LogP contribution in [0.1, 0.15) is 30.5 Å². The molecule has 0 saturated heterocycles. The maximum atomic E-state index is 14.3. The molecule has 0 bridgehead atoms. The number of ether oxygens (including phenoxy) is 1. The fraction of sp³-hybridized carbons (Fsp3) is 0.250. The van der Waals surface area contributed by atoms with Gasteiger partial charge in [0.15, 0.2) is 10.8 Å². The van der Waals surface area contributed by atoms with Crippen molar-refractivity contribution in [1.29, 1.82) is 0 Å². The zero-order valence-corrected chi connectivity index (χ0v) is 14.2. The number of nitrogens with zero attached hydrogens (tertiary/aromatic N) is 3. The van der Waals surface area contributed by atoms with Gasteiger partial charge in [-0.05, 0) is 19.9 Å². The van der Waals surface area contributed by atoms with E-state index in [4.69, 9.17) is 4.74 Å². The second kappa shape index (κ2) is 7.06. The topological polar surface area (TPSA) is 76.5 Å². The lowest BCUT2D eigenvalue weighted by molar-refractivity contribution is -0.138. The van der Waals surface area contributed by atoms with Crippen molar-refractivity contribution in [2.45, 2.75) is 19.9 Å². The number of aromatic nitrogens is 2. The van der Waals surface area contributed by atoms with E-state index in [9.17, 15) is 13.6 Å². The van der Waals surface area contributed by atoms with Gasteiger partial charge in [0.2, 0.25) is 0 Å². The normalized spacial score (nSPS) is 17.1. The highest BCUT2D eigenvalue weighted by Gasteiger charge is 2.33. The SMILES string of the molecule is CCOC(=O)C1=C(C)NC(c2nncs2)=NC1c1ccc(F)cc1F. The predicted molar refractivity (Wildman–Crippen MR) is 88.0 cm³/mol. The van der Waals surface area contributed by atoms with Crippen molar-refractivity contribution in [3.05, 3.63) is 57.2 Å². The van der Waals surface area contributed by atoms with Gasteiger partial charge in [0.25, 0.3) is 0 Å². The highest BCUT2D eigenvalue weighted by molar-refractivity contribution is 7.11. The summed E-state index contributed by atoms with van der Waals surface area (Å²) >= 11 is 1.25. The number of halogens is 2. The van der Waals surface area contributed by atoms with Crippen molar-refractivity contribution in [3.63, 3.8) is 0 Å². The van der Waals surface area contributed by atoms with Crippen LogP contribution < -0.4 is 5.32 Å². The minimum absolute atomic E-state index is 0.0762. The van der Waals surface area contributed by atoms with Gasteiger partial charge in [-0.3, -0.25) is 4.99 Å². The van der Waals surface area contributed by atoms with Crippen molar-refractivity contribution < 1.29 is 18.3 Å². The quantitative estimate of drug-likeness (QED) is 0.844. The highest BCUT2D eigenvalue weighted by atomic mass is 32.1. The van der Waals surface area contributed by atoms with Crippen LogP contribution in [0.5, 0.6) is 0 Å². The highest BCUT2D eigenvalue weighted by Crippen LogP contribution is 2.34. The molecule has 1 atom stereocenters. The van der Waals surface area contributed by atoms with Crippen molar-refractivity contribution in [1.82, 2.24) is 15.5 Å². The number of carbonyl (C=O) groups excluding carboxylic acids is 1. The van der Waals surface area contributed by atoms with Crippen LogP contribution in [0.3, 0.4) is 0 Å². The van der Waals surface area contributed by atoms with Gasteiger partial charge in [0, 0.05) is 17.3 Å². The number of amidine groups is 1. The average Bonchev–Trinajstić information content (AvgIpc) is 3.08. The number of nitrogens with one attached hydrogen (secondary N) is 1. The van der Waals surface area contributed by atoms with Gasteiger partial charge in [-0.25, -0.2) is 13.6 Å². The molecule has 1 N–H and O–H groups in total. The third-order valence-corrected chi connectivity index (χ3v) is 4.25. The molecule has 130 valence electrons. The van der Waals surface area contributed by atoms with Gasteiger partial charge in [0.05, 0.1) is 12.2 Å². The number of hydrogen-bond donors (Lipinski definition) is 1. The van der Waals surface area contributed by atoms with E-state index in [1.165, 1.54) is 22.9 Å². The van der Waals surface area contributed by atoms with Crippen LogP contribution in [0, 0.1) is 11.6 Å². The molecule has 2 heterocycles. The molecule has 1 aliphatic rings. The molecule has 0 radical (unpaired) electrons. The van der Waals surface area contributed by atoms with Crippen LogP contribution >= 0.6 is 11.3 Å². The van der Waals surface area contributed by atoms with E-state index in [2.05, 4.69) is 20.5 Å². The van der Waals surface area contributed by atoms with Gasteiger partial charge in [-0.1, -0.05) is 17.4 Å². The third-order valence-electron chi connectivity index (χ3n) is 3.56. The molecule has 3 rings (SSSR count). The van der Waals surface area contributed by atoms with Crippen molar-refractivity contribution >= 4 is 23.1 Å². The van der Waals surface area contributed by atoms with Crippen molar-refractivity contribution in [3.8, 4) is 0 Å². The monoisotopic (exact) mass is 364 g/mol. The van der Waals surface area contributed by atoms with Crippen LogP contribution in [-0.4, -0.2) is 28.6 Å². The molecule has 2 aromatic rings. The van der Waals surface area contributed by atoms with Crippen molar-refractivity contribution in [2.75, 3.05) is 6.61 Å². The van der Waals surface area contributed by atoms with Crippen LogP contribution in [0.2, 0.25) is 0 Å². The van der Waals surface area contributed by atoms with E-state index < -0.39 is 23.6 Å². The second-order valence-corrected chi connectivity index (χ2v) is 6.01. The number of benzene rings is 1. The van der Waals surface area contributed by atoms with Gasteiger partial charge < -0.3 is 10.1 Å². The zero-order chi connectivity index (χ0) is 18.0. The Bertz CT molecular complexity index is 865. The molecule has 0 saturated carbocycles. The lowest BCUT2D eigenvalue weighted by Crippen LogP contribution is -2.33. The van der Waals surface area contributed by atoms with Crippen LogP contribution in [0.4, 0.5) is 8.78 Å². The average molecular weight is 364 g/mol. The summed E-state index contributed by atoms with van der Waals surface area (Å²) in [6.07, 6.45) is 0. The molecule has 1 aromatic heterocycles.